The maximum atomic E-state index is 11.3. The predicted octanol–water partition coefficient (Wildman–Crippen LogP) is 1.84. The lowest BCUT2D eigenvalue weighted by Crippen LogP contribution is -2.31. The fourth-order valence-electron chi connectivity index (χ4n) is 1.53. The smallest absolute Gasteiger partial charge is 0.225 e. The van der Waals surface area contributed by atoms with Gasteiger partial charge in [-0.05, 0) is 11.4 Å². The highest BCUT2D eigenvalue weighted by Gasteiger charge is 2.29. The number of hydrogen-bond acceptors (Lipinski definition) is 3. The normalized spacial score (nSPS) is 22.0. The summed E-state index contributed by atoms with van der Waals surface area (Å²) in [4.78, 5) is 12.8. The van der Waals surface area contributed by atoms with Crippen LogP contribution in [0, 0.1) is 0 Å². The van der Waals surface area contributed by atoms with Crippen LogP contribution in [-0.4, -0.2) is 22.1 Å². The van der Waals surface area contributed by atoms with Crippen LogP contribution in [0.25, 0.3) is 0 Å². The third-order valence-corrected chi connectivity index (χ3v) is 3.58. The quantitative estimate of drug-likeness (QED) is 0.844. The first kappa shape index (κ1) is 9.96. The standard InChI is InChI=1S/C9H10ClNO2S/c10-9-6(3-4-14-9)5-11-7(12)1-2-8(11)13/h3-4,7,12H,1-2,5H2. The molecule has 1 aliphatic rings. The Hall–Kier alpha value is -0.580. The van der Waals surface area contributed by atoms with E-state index >= 15 is 0 Å². The van der Waals surface area contributed by atoms with Crippen molar-refractivity contribution in [1.29, 1.82) is 0 Å². The van der Waals surface area contributed by atoms with Crippen LogP contribution in [0.4, 0.5) is 0 Å². The topological polar surface area (TPSA) is 40.5 Å². The number of halogens is 1. The van der Waals surface area contributed by atoms with Crippen molar-refractivity contribution < 1.29 is 9.90 Å². The van der Waals surface area contributed by atoms with E-state index in [1.807, 2.05) is 11.4 Å². The number of carbonyl (C=O) groups is 1. The molecule has 2 heterocycles. The Bertz CT molecular complexity index is 352. The summed E-state index contributed by atoms with van der Waals surface area (Å²) in [5.41, 5.74) is 0.908. The van der Waals surface area contributed by atoms with Gasteiger partial charge in [0.25, 0.3) is 0 Å². The fraction of sp³-hybridized carbons (Fsp3) is 0.444. The number of aliphatic hydroxyl groups excluding tert-OH is 1. The molecular formula is C9H10ClNO2S. The van der Waals surface area contributed by atoms with Gasteiger partial charge in [0.15, 0.2) is 0 Å². The Labute approximate surface area is 90.9 Å². The van der Waals surface area contributed by atoms with Gasteiger partial charge in [0.1, 0.15) is 6.23 Å². The van der Waals surface area contributed by atoms with Crippen LogP contribution >= 0.6 is 22.9 Å². The van der Waals surface area contributed by atoms with Crippen molar-refractivity contribution in [3.05, 3.63) is 21.3 Å². The summed E-state index contributed by atoms with van der Waals surface area (Å²) in [7, 11) is 0. The number of aliphatic hydroxyl groups is 1. The van der Waals surface area contributed by atoms with Crippen molar-refractivity contribution in [2.75, 3.05) is 0 Å². The molecule has 2 rings (SSSR count). The van der Waals surface area contributed by atoms with Crippen molar-refractivity contribution in [2.24, 2.45) is 0 Å². The molecule has 76 valence electrons. The average Bonchev–Trinajstić information content (AvgIpc) is 2.67. The zero-order valence-electron chi connectivity index (χ0n) is 7.44. The molecule has 1 aromatic rings. The lowest BCUT2D eigenvalue weighted by Gasteiger charge is -2.19. The van der Waals surface area contributed by atoms with Gasteiger partial charge in [-0.25, -0.2) is 0 Å². The molecule has 1 N–H and O–H groups in total. The highest BCUT2D eigenvalue weighted by molar-refractivity contribution is 7.14. The summed E-state index contributed by atoms with van der Waals surface area (Å²) in [6.45, 7) is 0.419. The minimum absolute atomic E-state index is 0.000216. The number of thiophene rings is 1. The Morgan fingerprint density at radius 1 is 1.71 bits per heavy atom. The van der Waals surface area contributed by atoms with Gasteiger partial charge in [-0.15, -0.1) is 11.3 Å². The van der Waals surface area contributed by atoms with Gasteiger partial charge in [-0.3, -0.25) is 4.79 Å². The van der Waals surface area contributed by atoms with E-state index in [9.17, 15) is 9.90 Å². The lowest BCUT2D eigenvalue weighted by molar-refractivity contribution is -0.133. The molecule has 1 aromatic heterocycles. The molecule has 0 radical (unpaired) electrons. The van der Waals surface area contributed by atoms with E-state index < -0.39 is 6.23 Å². The first-order valence-electron chi connectivity index (χ1n) is 4.38. The summed E-state index contributed by atoms with van der Waals surface area (Å²) in [6, 6.07) is 1.88. The maximum absolute atomic E-state index is 11.3. The first-order chi connectivity index (χ1) is 6.68. The molecule has 1 fully saturated rings. The number of likely N-dealkylation sites (tertiary alicyclic amines) is 1. The van der Waals surface area contributed by atoms with Crippen LogP contribution < -0.4 is 0 Å². The minimum atomic E-state index is -0.640. The van der Waals surface area contributed by atoms with Crippen LogP contribution in [0.3, 0.4) is 0 Å². The van der Waals surface area contributed by atoms with Gasteiger partial charge in [-0.2, -0.15) is 0 Å². The monoisotopic (exact) mass is 231 g/mol. The second-order valence-electron chi connectivity index (χ2n) is 3.26. The molecular weight excluding hydrogens is 222 g/mol. The maximum Gasteiger partial charge on any atom is 0.225 e. The molecule has 1 amide bonds. The second-order valence-corrected chi connectivity index (χ2v) is 4.78. The van der Waals surface area contributed by atoms with Crippen molar-refractivity contribution >= 4 is 28.8 Å². The summed E-state index contributed by atoms with van der Waals surface area (Å²) in [5, 5.41) is 11.4. The number of hydrogen-bond donors (Lipinski definition) is 1. The highest BCUT2D eigenvalue weighted by Crippen LogP contribution is 2.27. The number of nitrogens with zero attached hydrogens (tertiary/aromatic N) is 1. The Kier molecular flexibility index (Phi) is 2.76. The summed E-state index contributed by atoms with van der Waals surface area (Å²) < 4.78 is 0.692. The fourth-order valence-corrected chi connectivity index (χ4v) is 2.44. The minimum Gasteiger partial charge on any atom is -0.373 e. The molecule has 1 atom stereocenters. The molecule has 14 heavy (non-hydrogen) atoms. The predicted molar refractivity (Wildman–Crippen MR) is 55.1 cm³/mol. The van der Waals surface area contributed by atoms with Crippen molar-refractivity contribution in [2.45, 2.75) is 25.6 Å². The van der Waals surface area contributed by atoms with Gasteiger partial charge in [-0.1, -0.05) is 11.6 Å². The molecule has 0 aromatic carbocycles. The number of amides is 1. The third-order valence-electron chi connectivity index (χ3n) is 2.33. The SMILES string of the molecule is O=C1CCC(O)N1Cc1ccsc1Cl. The van der Waals surface area contributed by atoms with E-state index in [0.717, 1.165) is 5.56 Å². The van der Waals surface area contributed by atoms with Gasteiger partial charge in [0.05, 0.1) is 10.9 Å². The van der Waals surface area contributed by atoms with Gasteiger partial charge in [0, 0.05) is 18.4 Å². The highest BCUT2D eigenvalue weighted by atomic mass is 35.5. The van der Waals surface area contributed by atoms with Crippen LogP contribution in [0.1, 0.15) is 18.4 Å². The molecule has 1 aliphatic heterocycles. The van der Waals surface area contributed by atoms with Crippen molar-refractivity contribution in [3.8, 4) is 0 Å². The summed E-state index contributed by atoms with van der Waals surface area (Å²) in [6.07, 6.45) is 0.322. The van der Waals surface area contributed by atoms with Crippen LogP contribution in [0.15, 0.2) is 11.4 Å². The summed E-state index contributed by atoms with van der Waals surface area (Å²) >= 11 is 7.35. The largest absolute Gasteiger partial charge is 0.373 e. The van der Waals surface area contributed by atoms with E-state index in [1.54, 1.807) is 0 Å². The van der Waals surface area contributed by atoms with Crippen molar-refractivity contribution in [3.63, 3.8) is 0 Å². The average molecular weight is 232 g/mol. The van der Waals surface area contributed by atoms with E-state index in [-0.39, 0.29) is 5.91 Å². The third kappa shape index (κ3) is 1.78. The molecule has 3 nitrogen and oxygen atoms in total. The molecule has 0 saturated carbocycles. The Morgan fingerprint density at radius 3 is 3.00 bits per heavy atom. The van der Waals surface area contributed by atoms with Gasteiger partial charge >= 0.3 is 0 Å². The zero-order chi connectivity index (χ0) is 10.1. The van der Waals surface area contributed by atoms with Crippen molar-refractivity contribution in [1.82, 2.24) is 4.90 Å². The van der Waals surface area contributed by atoms with Gasteiger partial charge < -0.3 is 10.0 Å². The lowest BCUT2D eigenvalue weighted by atomic mass is 10.3. The Balaban J connectivity index is 2.11. The Morgan fingerprint density at radius 2 is 2.50 bits per heavy atom. The zero-order valence-corrected chi connectivity index (χ0v) is 9.01. The van der Waals surface area contributed by atoms with E-state index in [2.05, 4.69) is 0 Å². The molecule has 5 heteroatoms. The van der Waals surface area contributed by atoms with E-state index in [4.69, 9.17) is 11.6 Å². The first-order valence-corrected chi connectivity index (χ1v) is 5.63. The van der Waals surface area contributed by atoms with E-state index in [0.29, 0.717) is 23.7 Å². The van der Waals surface area contributed by atoms with Crippen LogP contribution in [-0.2, 0) is 11.3 Å². The van der Waals surface area contributed by atoms with Crippen LogP contribution in [0.2, 0.25) is 4.34 Å². The van der Waals surface area contributed by atoms with E-state index in [1.165, 1.54) is 16.2 Å². The number of carbonyl (C=O) groups excluding carboxylic acids is 1. The molecule has 1 saturated heterocycles. The van der Waals surface area contributed by atoms with Crippen LogP contribution in [0.5, 0.6) is 0 Å². The molecule has 0 spiro atoms. The molecule has 0 aliphatic carbocycles. The molecule has 0 bridgehead atoms. The van der Waals surface area contributed by atoms with Gasteiger partial charge in [0.2, 0.25) is 5.91 Å². The number of rotatable bonds is 2. The molecule has 1 unspecified atom stereocenters. The summed E-state index contributed by atoms with van der Waals surface area (Å²) in [5.74, 6) is -0.000216. The second kappa shape index (κ2) is 3.88.